The van der Waals surface area contributed by atoms with Gasteiger partial charge in [0.25, 0.3) is 0 Å². The Labute approximate surface area is 117 Å². The van der Waals surface area contributed by atoms with Crippen LogP contribution in [0.15, 0.2) is 24.3 Å². The SMILES string of the molecule is CCCc1c(C(=O)O)nnn1-c1ccccc1COC. The number of benzene rings is 1. The lowest BCUT2D eigenvalue weighted by Gasteiger charge is -2.11. The van der Waals surface area contributed by atoms with Gasteiger partial charge in [-0.2, -0.15) is 0 Å². The maximum Gasteiger partial charge on any atom is 0.358 e. The summed E-state index contributed by atoms with van der Waals surface area (Å²) in [6.45, 7) is 2.42. The number of hydrogen-bond acceptors (Lipinski definition) is 4. The molecule has 20 heavy (non-hydrogen) atoms. The quantitative estimate of drug-likeness (QED) is 0.873. The molecule has 0 spiro atoms. The van der Waals surface area contributed by atoms with Crippen LogP contribution in [-0.2, 0) is 17.8 Å². The first-order chi connectivity index (χ1) is 9.69. The first-order valence-corrected chi connectivity index (χ1v) is 6.44. The van der Waals surface area contributed by atoms with Gasteiger partial charge in [0.05, 0.1) is 18.0 Å². The van der Waals surface area contributed by atoms with Gasteiger partial charge in [-0.3, -0.25) is 0 Å². The molecule has 1 aromatic heterocycles. The van der Waals surface area contributed by atoms with Gasteiger partial charge in [0, 0.05) is 12.7 Å². The number of aromatic nitrogens is 3. The summed E-state index contributed by atoms with van der Waals surface area (Å²) in [6.07, 6.45) is 1.43. The van der Waals surface area contributed by atoms with Crippen LogP contribution in [0.4, 0.5) is 0 Å². The Morgan fingerprint density at radius 2 is 2.15 bits per heavy atom. The van der Waals surface area contributed by atoms with Gasteiger partial charge in [-0.15, -0.1) is 5.10 Å². The monoisotopic (exact) mass is 275 g/mol. The van der Waals surface area contributed by atoms with Crippen molar-refractivity contribution in [1.29, 1.82) is 0 Å². The van der Waals surface area contributed by atoms with E-state index < -0.39 is 5.97 Å². The maximum absolute atomic E-state index is 11.2. The molecule has 0 saturated carbocycles. The van der Waals surface area contributed by atoms with Gasteiger partial charge in [0.15, 0.2) is 5.69 Å². The summed E-state index contributed by atoms with van der Waals surface area (Å²) in [4.78, 5) is 11.2. The van der Waals surface area contributed by atoms with Crippen LogP contribution >= 0.6 is 0 Å². The number of para-hydroxylation sites is 1. The van der Waals surface area contributed by atoms with Crippen LogP contribution in [0.3, 0.4) is 0 Å². The maximum atomic E-state index is 11.2. The van der Waals surface area contributed by atoms with Gasteiger partial charge < -0.3 is 9.84 Å². The van der Waals surface area contributed by atoms with Crippen LogP contribution in [0.1, 0.15) is 35.1 Å². The Morgan fingerprint density at radius 1 is 1.40 bits per heavy atom. The Kier molecular flexibility index (Phi) is 4.47. The number of methoxy groups -OCH3 is 1. The van der Waals surface area contributed by atoms with E-state index >= 15 is 0 Å². The van der Waals surface area contributed by atoms with Crippen molar-refractivity contribution >= 4 is 5.97 Å². The third-order valence-electron chi connectivity index (χ3n) is 2.97. The van der Waals surface area contributed by atoms with E-state index in [0.29, 0.717) is 18.7 Å². The van der Waals surface area contributed by atoms with Gasteiger partial charge in [0.2, 0.25) is 0 Å². The molecule has 0 radical (unpaired) electrons. The highest BCUT2D eigenvalue weighted by atomic mass is 16.5. The minimum absolute atomic E-state index is 0.0130. The van der Waals surface area contributed by atoms with E-state index in [9.17, 15) is 9.90 Å². The van der Waals surface area contributed by atoms with E-state index in [1.807, 2.05) is 31.2 Å². The van der Waals surface area contributed by atoms with E-state index in [2.05, 4.69) is 10.3 Å². The molecule has 1 aromatic carbocycles. The molecule has 0 fully saturated rings. The summed E-state index contributed by atoms with van der Waals surface area (Å²) in [7, 11) is 1.62. The predicted octanol–water partition coefficient (Wildman–Crippen LogP) is 2.06. The second-order valence-corrected chi connectivity index (χ2v) is 4.41. The van der Waals surface area contributed by atoms with Crippen LogP contribution in [0.25, 0.3) is 5.69 Å². The molecule has 2 rings (SSSR count). The van der Waals surface area contributed by atoms with Crippen molar-refractivity contribution in [2.24, 2.45) is 0 Å². The second-order valence-electron chi connectivity index (χ2n) is 4.41. The molecule has 0 saturated heterocycles. The Hall–Kier alpha value is -2.21. The molecule has 2 aromatic rings. The van der Waals surface area contributed by atoms with Gasteiger partial charge in [-0.25, -0.2) is 9.48 Å². The largest absolute Gasteiger partial charge is 0.476 e. The zero-order valence-electron chi connectivity index (χ0n) is 11.5. The molecule has 0 aliphatic carbocycles. The lowest BCUT2D eigenvalue weighted by Crippen LogP contribution is -2.09. The molecule has 0 bridgehead atoms. The summed E-state index contributed by atoms with van der Waals surface area (Å²) in [5.41, 5.74) is 2.37. The number of aromatic carboxylic acids is 1. The van der Waals surface area contributed by atoms with E-state index in [1.54, 1.807) is 11.8 Å². The number of ether oxygens (including phenoxy) is 1. The van der Waals surface area contributed by atoms with Crippen LogP contribution in [0.5, 0.6) is 0 Å². The van der Waals surface area contributed by atoms with E-state index in [4.69, 9.17) is 4.74 Å². The number of carboxylic acids is 1. The highest BCUT2D eigenvalue weighted by Gasteiger charge is 2.20. The number of carbonyl (C=O) groups is 1. The lowest BCUT2D eigenvalue weighted by molar-refractivity contribution is 0.0689. The Morgan fingerprint density at radius 3 is 2.80 bits per heavy atom. The smallest absolute Gasteiger partial charge is 0.358 e. The lowest BCUT2D eigenvalue weighted by atomic mass is 10.1. The summed E-state index contributed by atoms with van der Waals surface area (Å²) in [5.74, 6) is -1.05. The summed E-state index contributed by atoms with van der Waals surface area (Å²) in [6, 6.07) is 7.60. The molecule has 6 nitrogen and oxygen atoms in total. The predicted molar refractivity (Wildman–Crippen MR) is 73.0 cm³/mol. The third-order valence-corrected chi connectivity index (χ3v) is 2.97. The zero-order chi connectivity index (χ0) is 14.5. The van der Waals surface area contributed by atoms with Crippen molar-refractivity contribution < 1.29 is 14.6 Å². The van der Waals surface area contributed by atoms with Crippen LogP contribution in [-0.4, -0.2) is 33.2 Å². The number of hydrogen-bond donors (Lipinski definition) is 1. The number of rotatable bonds is 6. The number of carboxylic acid groups (broad SMARTS) is 1. The molecule has 0 unspecified atom stereocenters. The molecule has 106 valence electrons. The molecule has 0 atom stereocenters. The summed E-state index contributed by atoms with van der Waals surface area (Å²) < 4.78 is 6.76. The second kappa shape index (κ2) is 6.29. The van der Waals surface area contributed by atoms with Crippen molar-refractivity contribution in [2.45, 2.75) is 26.4 Å². The van der Waals surface area contributed by atoms with Crippen molar-refractivity contribution in [3.8, 4) is 5.69 Å². The molecule has 6 heteroatoms. The fourth-order valence-corrected chi connectivity index (χ4v) is 2.12. The average molecular weight is 275 g/mol. The molecule has 0 aliphatic heterocycles. The van der Waals surface area contributed by atoms with E-state index in [0.717, 1.165) is 17.7 Å². The first-order valence-electron chi connectivity index (χ1n) is 6.44. The van der Waals surface area contributed by atoms with E-state index in [1.165, 1.54) is 0 Å². The van der Waals surface area contributed by atoms with Gasteiger partial charge >= 0.3 is 5.97 Å². The molecule has 0 aliphatic rings. The normalized spacial score (nSPS) is 10.7. The minimum atomic E-state index is -1.05. The Balaban J connectivity index is 2.55. The Bertz CT molecular complexity index is 607. The third kappa shape index (κ3) is 2.70. The highest BCUT2D eigenvalue weighted by molar-refractivity contribution is 5.86. The molecular formula is C14H17N3O3. The summed E-state index contributed by atoms with van der Waals surface area (Å²) in [5, 5.41) is 17.0. The van der Waals surface area contributed by atoms with Crippen LogP contribution in [0, 0.1) is 0 Å². The van der Waals surface area contributed by atoms with Gasteiger partial charge in [0.1, 0.15) is 0 Å². The first kappa shape index (κ1) is 14.2. The minimum Gasteiger partial charge on any atom is -0.476 e. The summed E-state index contributed by atoms with van der Waals surface area (Å²) >= 11 is 0. The van der Waals surface area contributed by atoms with E-state index in [-0.39, 0.29) is 5.69 Å². The molecule has 1 N–H and O–H groups in total. The van der Waals surface area contributed by atoms with Gasteiger partial charge in [-0.1, -0.05) is 36.8 Å². The molecule has 1 heterocycles. The fourth-order valence-electron chi connectivity index (χ4n) is 2.12. The van der Waals surface area contributed by atoms with Gasteiger partial charge in [-0.05, 0) is 12.5 Å². The van der Waals surface area contributed by atoms with Crippen molar-refractivity contribution in [3.05, 3.63) is 41.2 Å². The van der Waals surface area contributed by atoms with Crippen molar-refractivity contribution in [1.82, 2.24) is 15.0 Å². The highest BCUT2D eigenvalue weighted by Crippen LogP contribution is 2.19. The average Bonchev–Trinajstić information content (AvgIpc) is 2.84. The topological polar surface area (TPSA) is 77.2 Å². The van der Waals surface area contributed by atoms with Crippen molar-refractivity contribution in [2.75, 3.05) is 7.11 Å². The van der Waals surface area contributed by atoms with Crippen LogP contribution < -0.4 is 0 Å². The standard InChI is InChI=1S/C14H17N3O3/c1-3-6-12-13(14(18)19)15-16-17(12)11-8-5-4-7-10(11)9-20-2/h4-5,7-8H,3,6,9H2,1-2H3,(H,18,19). The molecule has 0 amide bonds. The fraction of sp³-hybridized carbons (Fsp3) is 0.357. The zero-order valence-corrected chi connectivity index (χ0v) is 11.5. The van der Waals surface area contributed by atoms with Crippen molar-refractivity contribution in [3.63, 3.8) is 0 Å². The number of nitrogens with zero attached hydrogens (tertiary/aromatic N) is 3. The molecular weight excluding hydrogens is 258 g/mol. The van der Waals surface area contributed by atoms with Crippen LogP contribution in [0.2, 0.25) is 0 Å².